The van der Waals surface area contributed by atoms with Gasteiger partial charge in [0, 0.05) is 19.6 Å². The fraction of sp³-hybridized carbons (Fsp3) is 0.625. The van der Waals surface area contributed by atoms with Gasteiger partial charge in [-0.25, -0.2) is 0 Å². The topological polar surface area (TPSA) is 40.5 Å². The molecular weight excluding hydrogens is 178 g/mol. The van der Waals surface area contributed by atoms with Crippen molar-refractivity contribution < 1.29 is 9.90 Å². The quantitative estimate of drug-likeness (QED) is 0.516. The van der Waals surface area contributed by atoms with Crippen LogP contribution >= 0.6 is 11.6 Å². The molecule has 68 valence electrons. The van der Waals surface area contributed by atoms with Crippen LogP contribution in [0, 0.1) is 0 Å². The molecule has 1 atom stereocenters. The summed E-state index contributed by atoms with van der Waals surface area (Å²) in [5.74, 6) is 0. The van der Waals surface area contributed by atoms with E-state index in [2.05, 4.69) is 4.90 Å². The summed E-state index contributed by atoms with van der Waals surface area (Å²) in [6, 6.07) is 0. The van der Waals surface area contributed by atoms with E-state index in [1.165, 1.54) is 6.08 Å². The molecule has 1 aliphatic heterocycles. The maximum Gasteiger partial charge on any atom is 0.244 e. The number of aliphatic hydroxyl groups is 1. The molecule has 0 bridgehead atoms. The summed E-state index contributed by atoms with van der Waals surface area (Å²) in [7, 11) is 0. The van der Waals surface area contributed by atoms with E-state index in [-0.39, 0.29) is 6.10 Å². The van der Waals surface area contributed by atoms with Crippen LogP contribution < -0.4 is 0 Å². The van der Waals surface area contributed by atoms with E-state index >= 15 is 0 Å². The van der Waals surface area contributed by atoms with Crippen LogP contribution in [0.2, 0.25) is 0 Å². The third-order valence-electron chi connectivity index (χ3n) is 1.86. The molecular formula is C8H12ClNO2. The lowest BCUT2D eigenvalue weighted by molar-refractivity contribution is -0.107. The van der Waals surface area contributed by atoms with Crippen molar-refractivity contribution in [2.45, 2.75) is 12.5 Å². The van der Waals surface area contributed by atoms with Crippen molar-refractivity contribution in [1.82, 2.24) is 4.90 Å². The molecule has 1 fully saturated rings. The number of carbonyl (C=O) groups is 1. The van der Waals surface area contributed by atoms with E-state index in [4.69, 9.17) is 16.7 Å². The van der Waals surface area contributed by atoms with Crippen molar-refractivity contribution in [2.24, 2.45) is 0 Å². The van der Waals surface area contributed by atoms with Gasteiger partial charge in [-0.15, -0.1) is 0 Å². The van der Waals surface area contributed by atoms with Crippen molar-refractivity contribution in [3.8, 4) is 0 Å². The van der Waals surface area contributed by atoms with E-state index < -0.39 is 5.24 Å². The van der Waals surface area contributed by atoms with Gasteiger partial charge in [0.25, 0.3) is 0 Å². The summed E-state index contributed by atoms with van der Waals surface area (Å²) >= 11 is 5.10. The van der Waals surface area contributed by atoms with E-state index in [0.717, 1.165) is 13.0 Å². The fourth-order valence-electron chi connectivity index (χ4n) is 1.27. The zero-order valence-corrected chi connectivity index (χ0v) is 7.50. The summed E-state index contributed by atoms with van der Waals surface area (Å²) in [6.07, 6.45) is 3.67. The summed E-state index contributed by atoms with van der Waals surface area (Å²) < 4.78 is 0. The standard InChI is InChI=1S/C8H12ClNO2/c9-8(12)2-1-4-10-5-3-7(11)6-10/h1-2,7,11H,3-6H2. The molecule has 0 aromatic carbocycles. The third kappa shape index (κ3) is 3.34. The first-order chi connectivity index (χ1) is 5.68. The van der Waals surface area contributed by atoms with E-state index in [1.54, 1.807) is 6.08 Å². The Balaban J connectivity index is 2.20. The summed E-state index contributed by atoms with van der Waals surface area (Å²) in [5.41, 5.74) is 0. The Hall–Kier alpha value is -0.380. The SMILES string of the molecule is O=C(Cl)C=CCN1CCC(O)C1. The van der Waals surface area contributed by atoms with E-state index in [1.807, 2.05) is 0 Å². The number of β-amino-alcohol motifs (C(OH)–C–C–N with tert-alkyl or cyclic N) is 1. The van der Waals surface area contributed by atoms with Gasteiger partial charge in [-0.3, -0.25) is 9.69 Å². The van der Waals surface area contributed by atoms with Crippen LogP contribution in [0.1, 0.15) is 6.42 Å². The van der Waals surface area contributed by atoms with Gasteiger partial charge in [-0.05, 0) is 24.1 Å². The molecule has 0 amide bonds. The largest absolute Gasteiger partial charge is 0.392 e. The monoisotopic (exact) mass is 189 g/mol. The summed E-state index contributed by atoms with van der Waals surface area (Å²) in [5, 5.41) is 8.70. The number of aliphatic hydroxyl groups excluding tert-OH is 1. The Morgan fingerprint density at radius 1 is 1.75 bits per heavy atom. The minimum Gasteiger partial charge on any atom is -0.392 e. The average Bonchev–Trinajstić information content (AvgIpc) is 2.35. The first kappa shape index (κ1) is 9.71. The molecule has 1 unspecified atom stereocenters. The van der Waals surface area contributed by atoms with Crippen molar-refractivity contribution >= 4 is 16.8 Å². The van der Waals surface area contributed by atoms with E-state index in [9.17, 15) is 4.79 Å². The zero-order valence-electron chi connectivity index (χ0n) is 6.74. The first-order valence-electron chi connectivity index (χ1n) is 3.95. The smallest absolute Gasteiger partial charge is 0.244 e. The highest BCUT2D eigenvalue weighted by Gasteiger charge is 2.18. The van der Waals surface area contributed by atoms with Crippen LogP contribution in [0.15, 0.2) is 12.2 Å². The normalized spacial score (nSPS) is 25.3. The molecule has 1 saturated heterocycles. The van der Waals surface area contributed by atoms with E-state index in [0.29, 0.717) is 13.1 Å². The molecule has 1 rings (SSSR count). The molecule has 0 spiro atoms. The first-order valence-corrected chi connectivity index (χ1v) is 4.32. The van der Waals surface area contributed by atoms with Gasteiger partial charge in [0.1, 0.15) is 0 Å². The second-order valence-corrected chi connectivity index (χ2v) is 3.28. The van der Waals surface area contributed by atoms with Crippen LogP contribution in [0.3, 0.4) is 0 Å². The van der Waals surface area contributed by atoms with Gasteiger partial charge < -0.3 is 5.11 Å². The third-order valence-corrected chi connectivity index (χ3v) is 1.99. The van der Waals surface area contributed by atoms with Crippen LogP contribution in [-0.2, 0) is 4.79 Å². The van der Waals surface area contributed by atoms with Gasteiger partial charge >= 0.3 is 0 Å². The van der Waals surface area contributed by atoms with Crippen molar-refractivity contribution in [1.29, 1.82) is 0 Å². The number of rotatable bonds is 3. The predicted molar refractivity (Wildman–Crippen MR) is 47.1 cm³/mol. The Labute approximate surface area is 76.6 Å². The number of nitrogens with zero attached hydrogens (tertiary/aromatic N) is 1. The van der Waals surface area contributed by atoms with Crippen LogP contribution in [-0.4, -0.2) is 41.0 Å². The molecule has 0 saturated carbocycles. The maximum absolute atomic E-state index is 10.3. The molecule has 1 aliphatic rings. The molecule has 1 N–H and O–H groups in total. The Morgan fingerprint density at radius 3 is 3.00 bits per heavy atom. The van der Waals surface area contributed by atoms with Gasteiger partial charge in [0.05, 0.1) is 6.10 Å². The molecule has 0 aliphatic carbocycles. The number of hydrogen-bond acceptors (Lipinski definition) is 3. The summed E-state index contributed by atoms with van der Waals surface area (Å²) in [6.45, 7) is 2.28. The van der Waals surface area contributed by atoms with Gasteiger partial charge in [-0.2, -0.15) is 0 Å². The lowest BCUT2D eigenvalue weighted by atomic mass is 10.3. The van der Waals surface area contributed by atoms with Crippen molar-refractivity contribution in [3.05, 3.63) is 12.2 Å². The predicted octanol–water partition coefficient (Wildman–Crippen LogP) is 0.375. The summed E-state index contributed by atoms with van der Waals surface area (Å²) in [4.78, 5) is 12.4. The number of likely N-dealkylation sites (tertiary alicyclic amines) is 1. The molecule has 12 heavy (non-hydrogen) atoms. The average molecular weight is 190 g/mol. The minimum atomic E-state index is -0.449. The van der Waals surface area contributed by atoms with Crippen LogP contribution in [0.4, 0.5) is 0 Å². The highest BCUT2D eigenvalue weighted by Crippen LogP contribution is 2.07. The zero-order chi connectivity index (χ0) is 8.97. The Bertz CT molecular complexity index is 193. The second kappa shape index (κ2) is 4.60. The highest BCUT2D eigenvalue weighted by atomic mass is 35.5. The molecule has 0 radical (unpaired) electrons. The number of halogens is 1. The lowest BCUT2D eigenvalue weighted by Crippen LogP contribution is -2.21. The van der Waals surface area contributed by atoms with Crippen molar-refractivity contribution in [3.63, 3.8) is 0 Å². The molecule has 0 aromatic rings. The molecule has 3 nitrogen and oxygen atoms in total. The highest BCUT2D eigenvalue weighted by molar-refractivity contribution is 6.66. The van der Waals surface area contributed by atoms with Crippen LogP contribution in [0.5, 0.6) is 0 Å². The Kier molecular flexibility index (Phi) is 3.72. The van der Waals surface area contributed by atoms with Gasteiger partial charge in [0.2, 0.25) is 5.24 Å². The second-order valence-electron chi connectivity index (χ2n) is 2.91. The lowest BCUT2D eigenvalue weighted by Gasteiger charge is -2.10. The maximum atomic E-state index is 10.3. The minimum absolute atomic E-state index is 0.204. The fourth-order valence-corrected chi connectivity index (χ4v) is 1.36. The molecule has 4 heteroatoms. The number of carbonyl (C=O) groups excluding carboxylic acids is 1. The van der Waals surface area contributed by atoms with Crippen molar-refractivity contribution in [2.75, 3.05) is 19.6 Å². The molecule has 1 heterocycles. The molecule has 0 aromatic heterocycles. The number of allylic oxidation sites excluding steroid dienone is 1. The van der Waals surface area contributed by atoms with Crippen LogP contribution in [0.25, 0.3) is 0 Å². The Morgan fingerprint density at radius 2 is 2.50 bits per heavy atom. The van der Waals surface area contributed by atoms with Gasteiger partial charge in [0.15, 0.2) is 0 Å². The number of hydrogen-bond donors (Lipinski definition) is 1. The van der Waals surface area contributed by atoms with Gasteiger partial charge in [-0.1, -0.05) is 6.08 Å².